The first kappa shape index (κ1) is 25.1. The van der Waals surface area contributed by atoms with Crippen molar-refractivity contribution in [3.63, 3.8) is 0 Å². The van der Waals surface area contributed by atoms with Crippen LogP contribution in [0.3, 0.4) is 0 Å². The quantitative estimate of drug-likeness (QED) is 0.252. The lowest BCUT2D eigenvalue weighted by Gasteiger charge is -2.21. The smallest absolute Gasteiger partial charge is 0.261 e. The van der Waals surface area contributed by atoms with Crippen LogP contribution in [0.15, 0.2) is 58.0 Å². The first-order valence-electron chi connectivity index (χ1n) is 13.0. The maximum Gasteiger partial charge on any atom is 0.261 e. The van der Waals surface area contributed by atoms with Crippen LogP contribution in [0, 0.1) is 19.7 Å². The van der Waals surface area contributed by atoms with E-state index >= 15 is 0 Å². The van der Waals surface area contributed by atoms with Gasteiger partial charge in [0.2, 0.25) is 0 Å². The van der Waals surface area contributed by atoms with E-state index in [1.807, 2.05) is 6.07 Å². The lowest BCUT2D eigenvalue weighted by atomic mass is 9.93. The molecule has 5 aromatic rings. The number of H-pyrrole nitrogens is 1. The summed E-state index contributed by atoms with van der Waals surface area (Å²) < 4.78 is 28.2. The van der Waals surface area contributed by atoms with Gasteiger partial charge in [-0.25, -0.2) is 9.37 Å². The maximum atomic E-state index is 14.0. The molecule has 0 radical (unpaired) electrons. The highest BCUT2D eigenvalue weighted by Gasteiger charge is 2.28. The van der Waals surface area contributed by atoms with Gasteiger partial charge >= 0.3 is 0 Å². The molecule has 0 aliphatic heterocycles. The van der Waals surface area contributed by atoms with Crippen LogP contribution in [-0.2, 0) is 12.6 Å². The number of aromatic amines is 1. The van der Waals surface area contributed by atoms with Crippen molar-refractivity contribution in [2.24, 2.45) is 7.05 Å². The summed E-state index contributed by atoms with van der Waals surface area (Å²) in [6.07, 6.45) is 5.68. The van der Waals surface area contributed by atoms with Gasteiger partial charge in [-0.15, -0.1) is 0 Å². The minimum atomic E-state index is -1.13. The number of hydrogen-bond donors (Lipinski definition) is 2. The highest BCUT2D eigenvalue weighted by atomic mass is 19.1. The van der Waals surface area contributed by atoms with Gasteiger partial charge in [-0.1, -0.05) is 6.07 Å². The zero-order chi connectivity index (χ0) is 27.6. The molecule has 8 heteroatoms. The van der Waals surface area contributed by atoms with Crippen LogP contribution < -0.4 is 10.3 Å². The lowest BCUT2D eigenvalue weighted by molar-refractivity contribution is 0.0786. The summed E-state index contributed by atoms with van der Waals surface area (Å²) in [5.74, 6) is 2.59. The Hall–Kier alpha value is -4.17. The molecule has 0 atom stereocenters. The summed E-state index contributed by atoms with van der Waals surface area (Å²) in [5, 5.41) is 11.2. The zero-order valence-electron chi connectivity index (χ0n) is 22.6. The van der Waals surface area contributed by atoms with Crippen LogP contribution in [-0.4, -0.2) is 19.6 Å². The highest BCUT2D eigenvalue weighted by Crippen LogP contribution is 2.43. The second-order valence-electron chi connectivity index (χ2n) is 11.0. The topological polar surface area (TPSA) is 93.3 Å². The molecule has 1 fully saturated rings. The van der Waals surface area contributed by atoms with E-state index in [2.05, 4.69) is 9.97 Å². The van der Waals surface area contributed by atoms with Gasteiger partial charge in [0.05, 0.1) is 17.2 Å². The molecule has 1 saturated carbocycles. The molecule has 3 heterocycles. The first-order valence-corrected chi connectivity index (χ1v) is 13.0. The second-order valence-corrected chi connectivity index (χ2v) is 11.0. The number of furan rings is 1. The average Bonchev–Trinajstić information content (AvgIpc) is 3.42. The third-order valence-electron chi connectivity index (χ3n) is 7.29. The molecule has 1 aliphatic carbocycles. The summed E-state index contributed by atoms with van der Waals surface area (Å²) in [7, 11) is 1.69. The molecule has 0 unspecified atom stereocenters. The van der Waals surface area contributed by atoms with Crippen molar-refractivity contribution < 1.29 is 18.7 Å². The fourth-order valence-corrected chi connectivity index (χ4v) is 4.98. The Labute approximate surface area is 224 Å². The molecule has 0 spiro atoms. The minimum Gasteiger partial charge on any atom is -0.456 e. The molecule has 0 amide bonds. The fraction of sp³-hybridized carbons (Fsp3) is 0.290. The third-order valence-corrected chi connectivity index (χ3v) is 7.29. The summed E-state index contributed by atoms with van der Waals surface area (Å²) in [4.78, 5) is 21.0. The van der Waals surface area contributed by atoms with Crippen LogP contribution in [0.4, 0.5) is 4.39 Å². The van der Waals surface area contributed by atoms with Gasteiger partial charge in [0, 0.05) is 30.3 Å². The minimum absolute atomic E-state index is 0.197. The van der Waals surface area contributed by atoms with Crippen molar-refractivity contribution in [3.8, 4) is 34.1 Å². The predicted molar refractivity (Wildman–Crippen MR) is 148 cm³/mol. The highest BCUT2D eigenvalue weighted by molar-refractivity contribution is 5.95. The van der Waals surface area contributed by atoms with Crippen molar-refractivity contribution in [1.82, 2.24) is 14.5 Å². The normalized spacial score (nSPS) is 13.8. The van der Waals surface area contributed by atoms with E-state index in [0.29, 0.717) is 67.7 Å². The Morgan fingerprint density at radius 3 is 2.51 bits per heavy atom. The van der Waals surface area contributed by atoms with Crippen molar-refractivity contribution >= 4 is 11.0 Å². The number of imidazole rings is 1. The van der Waals surface area contributed by atoms with Gasteiger partial charge in [-0.2, -0.15) is 0 Å². The van der Waals surface area contributed by atoms with Crippen LogP contribution >= 0.6 is 0 Å². The number of aryl methyl sites for hydroxylation is 3. The number of aromatic nitrogens is 3. The Morgan fingerprint density at radius 2 is 1.85 bits per heavy atom. The van der Waals surface area contributed by atoms with E-state index in [9.17, 15) is 14.3 Å². The Balaban J connectivity index is 1.56. The predicted octanol–water partition coefficient (Wildman–Crippen LogP) is 6.84. The number of benzene rings is 2. The number of pyridine rings is 1. The molecule has 2 N–H and O–H groups in total. The SMILES string of the molecule is Cc1cc(F)cc(C)c1Oc1ccc(C(C)(C)O)cc1-c1cn(C)c(=O)c2cc(-c3cnc(C4CC4)[nH]3)oc12. The van der Waals surface area contributed by atoms with Crippen LogP contribution in [0.25, 0.3) is 33.6 Å². The summed E-state index contributed by atoms with van der Waals surface area (Å²) in [5.41, 5.74) is 3.01. The average molecular weight is 528 g/mol. The summed E-state index contributed by atoms with van der Waals surface area (Å²) in [6.45, 7) is 7.00. The first-order chi connectivity index (χ1) is 18.5. The molecule has 7 nitrogen and oxygen atoms in total. The Kier molecular flexibility index (Phi) is 5.77. The van der Waals surface area contributed by atoms with Gasteiger partial charge < -0.3 is 23.8 Å². The number of ether oxygens (including phenoxy) is 1. The zero-order valence-corrected chi connectivity index (χ0v) is 22.6. The Bertz CT molecular complexity index is 1780. The summed E-state index contributed by atoms with van der Waals surface area (Å²) >= 11 is 0. The number of rotatable bonds is 6. The number of halogens is 1. The number of nitrogens with zero attached hydrogens (tertiary/aromatic N) is 2. The van der Waals surface area contributed by atoms with Gasteiger partial charge in [-0.3, -0.25) is 4.79 Å². The van der Waals surface area contributed by atoms with Crippen molar-refractivity contribution in [2.75, 3.05) is 0 Å². The van der Waals surface area contributed by atoms with E-state index in [0.717, 1.165) is 18.7 Å². The second kappa shape index (κ2) is 8.95. The molecule has 2 aromatic carbocycles. The van der Waals surface area contributed by atoms with E-state index in [-0.39, 0.29) is 11.4 Å². The largest absolute Gasteiger partial charge is 0.456 e. The van der Waals surface area contributed by atoms with E-state index in [1.165, 1.54) is 16.7 Å². The van der Waals surface area contributed by atoms with Crippen molar-refractivity contribution in [2.45, 2.75) is 52.1 Å². The standard InChI is InChI=1S/C31H30FN3O4/c1-16-10-20(32)11-17(2)27(16)38-25-9-8-19(31(3,4)37)12-21(25)23-15-35(5)30(36)22-13-26(39-28(22)23)24-14-33-29(34-24)18-6-7-18/h8-15,18,37H,6-7H2,1-5H3,(H,33,34). The van der Waals surface area contributed by atoms with Crippen LogP contribution in [0.2, 0.25) is 0 Å². The molecule has 1 aliphatic rings. The molecule has 0 saturated heterocycles. The molecular weight excluding hydrogens is 497 g/mol. The van der Waals surface area contributed by atoms with Gasteiger partial charge in [-0.05, 0) is 87.6 Å². The Morgan fingerprint density at radius 1 is 1.13 bits per heavy atom. The molecular formula is C31H30FN3O4. The number of fused-ring (bicyclic) bond motifs is 1. The van der Waals surface area contributed by atoms with E-state index in [4.69, 9.17) is 9.15 Å². The molecule has 3 aromatic heterocycles. The van der Waals surface area contributed by atoms with Crippen LogP contribution in [0.5, 0.6) is 11.5 Å². The van der Waals surface area contributed by atoms with Gasteiger partial charge in [0.1, 0.15) is 34.4 Å². The lowest BCUT2D eigenvalue weighted by Crippen LogP contribution is -2.17. The summed E-state index contributed by atoms with van der Waals surface area (Å²) in [6, 6.07) is 10.0. The number of aliphatic hydroxyl groups is 1. The van der Waals surface area contributed by atoms with Gasteiger partial charge in [0.25, 0.3) is 5.56 Å². The molecule has 39 heavy (non-hydrogen) atoms. The van der Waals surface area contributed by atoms with Crippen LogP contribution in [0.1, 0.15) is 55.1 Å². The fourth-order valence-electron chi connectivity index (χ4n) is 4.98. The van der Waals surface area contributed by atoms with Crippen molar-refractivity contribution in [3.05, 3.63) is 87.5 Å². The monoisotopic (exact) mass is 527 g/mol. The molecule has 0 bridgehead atoms. The number of hydrogen-bond acceptors (Lipinski definition) is 5. The molecule has 6 rings (SSSR count). The number of nitrogens with one attached hydrogen (secondary N) is 1. The third kappa shape index (κ3) is 4.55. The maximum absolute atomic E-state index is 14.0. The van der Waals surface area contributed by atoms with Gasteiger partial charge in [0.15, 0.2) is 5.76 Å². The molecule has 200 valence electrons. The van der Waals surface area contributed by atoms with E-state index in [1.54, 1.807) is 65.3 Å². The van der Waals surface area contributed by atoms with E-state index < -0.39 is 5.60 Å². The van der Waals surface area contributed by atoms with Crippen molar-refractivity contribution in [1.29, 1.82) is 0 Å².